The molecular weight excluding hydrogens is 246 g/mol. The topological polar surface area (TPSA) is 39.2 Å². The lowest BCUT2D eigenvalue weighted by Gasteiger charge is -2.05. The highest BCUT2D eigenvalue weighted by Crippen LogP contribution is 2.38. The highest BCUT2D eigenvalue weighted by molar-refractivity contribution is 6.15. The van der Waals surface area contributed by atoms with Crippen LogP contribution in [-0.2, 0) is 0 Å². The van der Waals surface area contributed by atoms with Crippen LogP contribution in [0.1, 0.15) is 0 Å². The quantitative estimate of drug-likeness (QED) is 0.497. The first-order valence-corrected chi connectivity index (χ1v) is 6.60. The van der Waals surface area contributed by atoms with E-state index >= 15 is 0 Å². The van der Waals surface area contributed by atoms with Crippen LogP contribution in [0.2, 0.25) is 0 Å². The zero-order chi connectivity index (χ0) is 13.5. The third-order valence-corrected chi connectivity index (χ3v) is 3.64. The second kappa shape index (κ2) is 4.14. The van der Waals surface area contributed by atoms with Crippen LogP contribution in [0.15, 0.2) is 71.1 Å². The summed E-state index contributed by atoms with van der Waals surface area (Å²) >= 11 is 0. The van der Waals surface area contributed by atoms with Gasteiger partial charge >= 0.3 is 0 Å². The van der Waals surface area contributed by atoms with Crippen molar-refractivity contribution in [1.82, 2.24) is 0 Å². The SMILES string of the molecule is Nc1ccc(-c2ccccc2)c2c1oc1ccccc12. The number of anilines is 1. The van der Waals surface area contributed by atoms with Gasteiger partial charge in [0, 0.05) is 10.8 Å². The molecule has 4 rings (SSSR count). The van der Waals surface area contributed by atoms with E-state index < -0.39 is 0 Å². The summed E-state index contributed by atoms with van der Waals surface area (Å²) in [6.07, 6.45) is 0. The van der Waals surface area contributed by atoms with E-state index in [9.17, 15) is 0 Å². The van der Waals surface area contributed by atoms with Crippen molar-refractivity contribution >= 4 is 27.6 Å². The van der Waals surface area contributed by atoms with Crippen molar-refractivity contribution < 1.29 is 4.42 Å². The van der Waals surface area contributed by atoms with Gasteiger partial charge in [0.05, 0.1) is 5.69 Å². The summed E-state index contributed by atoms with van der Waals surface area (Å²) in [5, 5.41) is 2.19. The predicted molar refractivity (Wildman–Crippen MR) is 83.6 cm³/mol. The van der Waals surface area contributed by atoms with Gasteiger partial charge in [-0.3, -0.25) is 0 Å². The van der Waals surface area contributed by atoms with Crippen molar-refractivity contribution in [2.24, 2.45) is 0 Å². The number of para-hydroxylation sites is 1. The molecule has 20 heavy (non-hydrogen) atoms. The lowest BCUT2D eigenvalue weighted by Crippen LogP contribution is -1.86. The maximum Gasteiger partial charge on any atom is 0.158 e. The van der Waals surface area contributed by atoms with E-state index in [-0.39, 0.29) is 0 Å². The number of nitrogen functional groups attached to an aromatic ring is 1. The molecule has 2 nitrogen and oxygen atoms in total. The molecule has 0 saturated heterocycles. The summed E-state index contributed by atoms with van der Waals surface area (Å²) < 4.78 is 5.92. The third kappa shape index (κ3) is 1.51. The van der Waals surface area contributed by atoms with Crippen molar-refractivity contribution in [2.75, 3.05) is 5.73 Å². The molecule has 3 aromatic carbocycles. The monoisotopic (exact) mass is 259 g/mol. The third-order valence-electron chi connectivity index (χ3n) is 3.64. The van der Waals surface area contributed by atoms with Crippen molar-refractivity contribution in [1.29, 1.82) is 0 Å². The van der Waals surface area contributed by atoms with Crippen molar-refractivity contribution in [3.05, 3.63) is 66.7 Å². The van der Waals surface area contributed by atoms with E-state index in [4.69, 9.17) is 10.2 Å². The van der Waals surface area contributed by atoms with Crippen LogP contribution >= 0.6 is 0 Å². The number of fused-ring (bicyclic) bond motifs is 3. The van der Waals surface area contributed by atoms with Gasteiger partial charge in [0.25, 0.3) is 0 Å². The maximum atomic E-state index is 6.07. The van der Waals surface area contributed by atoms with Gasteiger partial charge in [-0.25, -0.2) is 0 Å². The molecule has 0 aliphatic heterocycles. The molecule has 0 spiro atoms. The van der Waals surface area contributed by atoms with Gasteiger partial charge in [-0.1, -0.05) is 54.6 Å². The molecule has 2 heteroatoms. The van der Waals surface area contributed by atoms with Crippen LogP contribution in [0.3, 0.4) is 0 Å². The zero-order valence-electron chi connectivity index (χ0n) is 10.8. The molecule has 0 aliphatic carbocycles. The molecular formula is C18H13NO. The summed E-state index contributed by atoms with van der Waals surface area (Å²) in [6, 6.07) is 22.3. The molecule has 2 N–H and O–H groups in total. The first kappa shape index (κ1) is 11.1. The minimum absolute atomic E-state index is 0.677. The summed E-state index contributed by atoms with van der Waals surface area (Å²) in [5.41, 5.74) is 10.7. The van der Waals surface area contributed by atoms with Crippen LogP contribution in [0.5, 0.6) is 0 Å². The first-order valence-electron chi connectivity index (χ1n) is 6.60. The van der Waals surface area contributed by atoms with Crippen LogP contribution in [0, 0.1) is 0 Å². The minimum Gasteiger partial charge on any atom is -0.454 e. The Labute approximate surface area is 116 Å². The molecule has 0 atom stereocenters. The summed E-state index contributed by atoms with van der Waals surface area (Å²) in [4.78, 5) is 0. The summed E-state index contributed by atoms with van der Waals surface area (Å²) in [5.74, 6) is 0. The molecule has 0 bridgehead atoms. The second-order valence-electron chi connectivity index (χ2n) is 4.87. The molecule has 96 valence electrons. The van der Waals surface area contributed by atoms with Crippen LogP contribution in [0.4, 0.5) is 5.69 Å². The fourth-order valence-corrected chi connectivity index (χ4v) is 2.71. The Morgan fingerprint density at radius 1 is 0.750 bits per heavy atom. The van der Waals surface area contributed by atoms with Gasteiger partial charge in [-0.2, -0.15) is 0 Å². The molecule has 0 amide bonds. The normalized spacial score (nSPS) is 11.2. The second-order valence-corrected chi connectivity index (χ2v) is 4.87. The predicted octanol–water partition coefficient (Wildman–Crippen LogP) is 4.84. The van der Waals surface area contributed by atoms with Crippen molar-refractivity contribution in [3.8, 4) is 11.1 Å². The Morgan fingerprint density at radius 2 is 1.50 bits per heavy atom. The lowest BCUT2D eigenvalue weighted by molar-refractivity contribution is 0.670. The summed E-state index contributed by atoms with van der Waals surface area (Å²) in [6.45, 7) is 0. The number of furan rings is 1. The van der Waals surface area contributed by atoms with Crippen LogP contribution < -0.4 is 5.73 Å². The maximum absolute atomic E-state index is 6.07. The molecule has 0 fully saturated rings. The fourth-order valence-electron chi connectivity index (χ4n) is 2.71. The van der Waals surface area contributed by atoms with Crippen molar-refractivity contribution in [2.45, 2.75) is 0 Å². The number of rotatable bonds is 1. The van der Waals surface area contributed by atoms with E-state index in [1.54, 1.807) is 0 Å². The molecule has 0 aliphatic rings. The average molecular weight is 259 g/mol. The Morgan fingerprint density at radius 3 is 2.35 bits per heavy atom. The molecule has 1 heterocycles. The number of benzene rings is 3. The van der Waals surface area contributed by atoms with Gasteiger partial charge in [0.2, 0.25) is 0 Å². The smallest absolute Gasteiger partial charge is 0.158 e. The van der Waals surface area contributed by atoms with Gasteiger partial charge in [0.15, 0.2) is 5.58 Å². The molecule has 0 saturated carbocycles. The minimum atomic E-state index is 0.677. The Hall–Kier alpha value is -2.74. The largest absolute Gasteiger partial charge is 0.454 e. The van der Waals surface area contributed by atoms with E-state index in [0.717, 1.165) is 27.5 Å². The van der Waals surface area contributed by atoms with Crippen molar-refractivity contribution in [3.63, 3.8) is 0 Å². The molecule has 1 aromatic heterocycles. The number of hydrogen-bond donors (Lipinski definition) is 1. The standard InChI is InChI=1S/C18H13NO/c19-15-11-10-13(12-6-2-1-3-7-12)17-14-8-4-5-9-16(14)20-18(15)17/h1-11H,19H2. The first-order chi connectivity index (χ1) is 9.84. The van der Waals surface area contributed by atoms with E-state index in [1.165, 1.54) is 5.56 Å². The lowest BCUT2D eigenvalue weighted by atomic mass is 9.99. The summed E-state index contributed by atoms with van der Waals surface area (Å²) in [7, 11) is 0. The molecule has 0 radical (unpaired) electrons. The van der Waals surface area contributed by atoms with Gasteiger partial charge in [-0.05, 0) is 23.3 Å². The van der Waals surface area contributed by atoms with Crippen LogP contribution in [0.25, 0.3) is 33.1 Å². The van der Waals surface area contributed by atoms with Gasteiger partial charge < -0.3 is 10.2 Å². The molecule has 4 aromatic rings. The number of nitrogens with two attached hydrogens (primary N) is 1. The zero-order valence-corrected chi connectivity index (χ0v) is 10.8. The highest BCUT2D eigenvalue weighted by atomic mass is 16.3. The van der Waals surface area contributed by atoms with Gasteiger partial charge in [-0.15, -0.1) is 0 Å². The van der Waals surface area contributed by atoms with Gasteiger partial charge in [0.1, 0.15) is 5.58 Å². The Bertz CT molecular complexity index is 907. The number of hydrogen-bond acceptors (Lipinski definition) is 2. The fraction of sp³-hybridized carbons (Fsp3) is 0. The van der Waals surface area contributed by atoms with Crippen LogP contribution in [-0.4, -0.2) is 0 Å². The molecule has 0 unspecified atom stereocenters. The Kier molecular flexibility index (Phi) is 2.30. The Balaban J connectivity index is 2.19. The average Bonchev–Trinajstić information content (AvgIpc) is 2.89. The van der Waals surface area contributed by atoms with E-state index in [1.807, 2.05) is 42.5 Å². The highest BCUT2D eigenvalue weighted by Gasteiger charge is 2.14. The van der Waals surface area contributed by atoms with E-state index in [0.29, 0.717) is 5.69 Å². The van der Waals surface area contributed by atoms with E-state index in [2.05, 4.69) is 24.3 Å².